The largest absolute Gasteiger partial charge is 0.390 e. The van der Waals surface area contributed by atoms with E-state index in [1.54, 1.807) is 0 Å². The number of hydrogen-bond acceptors (Lipinski definition) is 2. The third kappa shape index (κ3) is 4.78. The molecule has 0 amide bonds. The second kappa shape index (κ2) is 7.14. The maximum Gasteiger partial charge on any atom is 0.0859 e. The Kier molecular flexibility index (Phi) is 6.17. The van der Waals surface area contributed by atoms with E-state index in [1.807, 2.05) is 31.2 Å². The van der Waals surface area contributed by atoms with E-state index in [0.29, 0.717) is 18.9 Å². The molecule has 1 aromatic carbocycles. The van der Waals surface area contributed by atoms with Crippen LogP contribution in [-0.2, 0) is 11.2 Å². The van der Waals surface area contributed by atoms with Gasteiger partial charge in [-0.25, -0.2) is 0 Å². The fraction of sp³-hybridized carbons (Fsp3) is 0.571. The van der Waals surface area contributed by atoms with Gasteiger partial charge in [0.25, 0.3) is 0 Å². The number of aliphatic hydroxyl groups excluding tert-OH is 1. The summed E-state index contributed by atoms with van der Waals surface area (Å²) in [5, 5.41) is 10.2. The van der Waals surface area contributed by atoms with Gasteiger partial charge >= 0.3 is 0 Å². The molecule has 1 rings (SSSR count). The first-order valence-corrected chi connectivity index (χ1v) is 6.88. The van der Waals surface area contributed by atoms with E-state index in [0.717, 1.165) is 10.0 Å². The van der Waals surface area contributed by atoms with Crippen molar-refractivity contribution in [1.29, 1.82) is 0 Å². The smallest absolute Gasteiger partial charge is 0.0859 e. The van der Waals surface area contributed by atoms with Crippen LogP contribution in [0.5, 0.6) is 0 Å². The minimum atomic E-state index is -0.454. The zero-order valence-electron chi connectivity index (χ0n) is 10.7. The molecule has 96 valence electrons. The highest BCUT2D eigenvalue weighted by Crippen LogP contribution is 2.18. The molecule has 1 N–H and O–H groups in total. The summed E-state index contributed by atoms with van der Waals surface area (Å²) in [4.78, 5) is 0. The summed E-state index contributed by atoms with van der Waals surface area (Å²) < 4.78 is 6.65. The van der Waals surface area contributed by atoms with Gasteiger partial charge in [0, 0.05) is 17.5 Å². The van der Waals surface area contributed by atoms with Crippen molar-refractivity contribution in [2.45, 2.75) is 39.4 Å². The quantitative estimate of drug-likeness (QED) is 0.872. The van der Waals surface area contributed by atoms with Gasteiger partial charge in [-0.05, 0) is 30.5 Å². The monoisotopic (exact) mass is 300 g/mol. The molecular formula is C14H21BrO2. The van der Waals surface area contributed by atoms with Gasteiger partial charge in [0.2, 0.25) is 0 Å². The van der Waals surface area contributed by atoms with Crippen LogP contribution in [-0.4, -0.2) is 23.9 Å². The van der Waals surface area contributed by atoms with Crippen molar-refractivity contribution in [2.75, 3.05) is 6.61 Å². The first-order chi connectivity index (χ1) is 8.04. The number of benzene rings is 1. The molecule has 2 unspecified atom stereocenters. The highest BCUT2D eigenvalue weighted by atomic mass is 79.9. The summed E-state index contributed by atoms with van der Waals surface area (Å²) in [6.07, 6.45) is 0.0747. The van der Waals surface area contributed by atoms with Crippen molar-refractivity contribution in [3.05, 3.63) is 34.3 Å². The summed E-state index contributed by atoms with van der Waals surface area (Å²) in [6, 6.07) is 8.03. The van der Waals surface area contributed by atoms with E-state index in [-0.39, 0.29) is 6.10 Å². The zero-order chi connectivity index (χ0) is 12.8. The SMILES string of the molecule is CCOC(C(C)C)C(O)Cc1cccc(Br)c1. The lowest BCUT2D eigenvalue weighted by Crippen LogP contribution is -2.35. The van der Waals surface area contributed by atoms with Gasteiger partial charge in [-0.3, -0.25) is 0 Å². The predicted octanol–water partition coefficient (Wildman–Crippen LogP) is 3.41. The molecule has 0 aromatic heterocycles. The summed E-state index contributed by atoms with van der Waals surface area (Å²) in [5.74, 6) is 0.317. The first-order valence-electron chi connectivity index (χ1n) is 6.08. The molecule has 0 radical (unpaired) electrons. The molecule has 0 bridgehead atoms. The summed E-state index contributed by atoms with van der Waals surface area (Å²) >= 11 is 3.44. The Morgan fingerprint density at radius 1 is 1.35 bits per heavy atom. The van der Waals surface area contributed by atoms with E-state index < -0.39 is 6.10 Å². The maximum absolute atomic E-state index is 10.2. The third-order valence-corrected chi connectivity index (χ3v) is 3.22. The minimum Gasteiger partial charge on any atom is -0.390 e. The lowest BCUT2D eigenvalue weighted by molar-refractivity contribution is -0.0562. The van der Waals surface area contributed by atoms with Gasteiger partial charge in [0.1, 0.15) is 0 Å². The van der Waals surface area contributed by atoms with Gasteiger partial charge in [-0.15, -0.1) is 0 Å². The Morgan fingerprint density at radius 2 is 2.06 bits per heavy atom. The molecule has 17 heavy (non-hydrogen) atoms. The van der Waals surface area contributed by atoms with Crippen LogP contribution in [0.2, 0.25) is 0 Å². The van der Waals surface area contributed by atoms with Crippen molar-refractivity contribution in [3.63, 3.8) is 0 Å². The highest BCUT2D eigenvalue weighted by molar-refractivity contribution is 9.10. The topological polar surface area (TPSA) is 29.5 Å². The van der Waals surface area contributed by atoms with Crippen LogP contribution >= 0.6 is 15.9 Å². The van der Waals surface area contributed by atoms with Crippen molar-refractivity contribution < 1.29 is 9.84 Å². The fourth-order valence-corrected chi connectivity index (χ4v) is 2.41. The van der Waals surface area contributed by atoms with E-state index in [1.165, 1.54) is 0 Å². The molecule has 0 aliphatic carbocycles. The molecule has 0 aliphatic rings. The number of ether oxygens (including phenoxy) is 1. The number of hydrogen-bond donors (Lipinski definition) is 1. The highest BCUT2D eigenvalue weighted by Gasteiger charge is 2.23. The van der Waals surface area contributed by atoms with E-state index >= 15 is 0 Å². The van der Waals surface area contributed by atoms with Gasteiger partial charge in [0.05, 0.1) is 12.2 Å². The molecule has 2 atom stereocenters. The Hall–Kier alpha value is -0.380. The Labute approximate surface area is 112 Å². The molecular weight excluding hydrogens is 280 g/mol. The van der Waals surface area contributed by atoms with Gasteiger partial charge in [-0.2, -0.15) is 0 Å². The van der Waals surface area contributed by atoms with Crippen LogP contribution < -0.4 is 0 Å². The van der Waals surface area contributed by atoms with Crippen molar-refractivity contribution in [3.8, 4) is 0 Å². The molecule has 0 spiro atoms. The number of rotatable bonds is 6. The standard InChI is InChI=1S/C14H21BrO2/c1-4-17-14(10(2)3)13(16)9-11-6-5-7-12(15)8-11/h5-8,10,13-14,16H,4,9H2,1-3H3. The van der Waals surface area contributed by atoms with E-state index in [2.05, 4.69) is 29.8 Å². The lowest BCUT2D eigenvalue weighted by Gasteiger charge is -2.26. The van der Waals surface area contributed by atoms with E-state index in [4.69, 9.17) is 4.74 Å². The van der Waals surface area contributed by atoms with Crippen molar-refractivity contribution >= 4 is 15.9 Å². The molecule has 0 fully saturated rings. The van der Waals surface area contributed by atoms with Crippen molar-refractivity contribution in [1.82, 2.24) is 0 Å². The van der Waals surface area contributed by atoms with Crippen LogP contribution in [0, 0.1) is 5.92 Å². The summed E-state index contributed by atoms with van der Waals surface area (Å²) in [7, 11) is 0. The van der Waals surface area contributed by atoms with Crippen LogP contribution in [0.15, 0.2) is 28.7 Å². The number of halogens is 1. The molecule has 0 saturated heterocycles. The second-order valence-corrected chi connectivity index (χ2v) is 5.48. The van der Waals surface area contributed by atoms with Crippen LogP contribution in [0.4, 0.5) is 0 Å². The molecule has 1 aromatic rings. The van der Waals surface area contributed by atoms with Gasteiger partial charge in [0.15, 0.2) is 0 Å². The first kappa shape index (κ1) is 14.7. The van der Waals surface area contributed by atoms with Crippen LogP contribution in [0.3, 0.4) is 0 Å². The normalized spacial score (nSPS) is 14.9. The Bertz CT molecular complexity index is 339. The van der Waals surface area contributed by atoms with Crippen molar-refractivity contribution in [2.24, 2.45) is 5.92 Å². The molecule has 2 nitrogen and oxygen atoms in total. The second-order valence-electron chi connectivity index (χ2n) is 4.57. The van der Waals surface area contributed by atoms with Crippen LogP contribution in [0.1, 0.15) is 26.3 Å². The zero-order valence-corrected chi connectivity index (χ0v) is 12.3. The lowest BCUT2D eigenvalue weighted by atomic mass is 9.96. The minimum absolute atomic E-state index is 0.0982. The summed E-state index contributed by atoms with van der Waals surface area (Å²) in [5.41, 5.74) is 1.12. The predicted molar refractivity (Wildman–Crippen MR) is 74.1 cm³/mol. The average molecular weight is 301 g/mol. The fourth-order valence-electron chi connectivity index (χ4n) is 1.96. The van der Waals surface area contributed by atoms with Gasteiger partial charge < -0.3 is 9.84 Å². The molecule has 0 saturated carbocycles. The molecule has 0 heterocycles. The average Bonchev–Trinajstić information content (AvgIpc) is 2.25. The molecule has 0 aliphatic heterocycles. The summed E-state index contributed by atoms with van der Waals surface area (Å²) in [6.45, 7) is 6.74. The molecule has 3 heteroatoms. The number of aliphatic hydroxyl groups is 1. The third-order valence-electron chi connectivity index (χ3n) is 2.73. The Morgan fingerprint density at radius 3 is 2.59 bits per heavy atom. The van der Waals surface area contributed by atoms with E-state index in [9.17, 15) is 5.11 Å². The van der Waals surface area contributed by atoms with Crippen LogP contribution in [0.25, 0.3) is 0 Å². The Balaban J connectivity index is 2.66. The van der Waals surface area contributed by atoms with Gasteiger partial charge in [-0.1, -0.05) is 41.9 Å². The maximum atomic E-state index is 10.2.